The highest BCUT2D eigenvalue weighted by Crippen LogP contribution is 2.23. The molecule has 0 saturated carbocycles. The van der Waals surface area contributed by atoms with Gasteiger partial charge in [0.05, 0.1) is 4.88 Å². The van der Waals surface area contributed by atoms with Gasteiger partial charge in [0.15, 0.2) is 5.78 Å². The standard InChI is InChI=1S/C19H16O5S/c1-10-6-14-13(8-18(21)24-15(14)7-11(10)2)9-23-19(22)17-5-4-16(25-17)12(3)20/h4-8H,9H2,1-3H3. The van der Waals surface area contributed by atoms with Gasteiger partial charge in [-0.15, -0.1) is 11.3 Å². The molecule has 5 nitrogen and oxygen atoms in total. The third-order valence-corrected chi connectivity index (χ3v) is 5.12. The highest BCUT2D eigenvalue weighted by molar-refractivity contribution is 7.15. The Morgan fingerprint density at radius 1 is 1.08 bits per heavy atom. The van der Waals surface area contributed by atoms with Gasteiger partial charge in [-0.2, -0.15) is 0 Å². The number of Topliss-reactive ketones (excluding diaryl/α,β-unsaturated/α-hetero) is 1. The average Bonchev–Trinajstić information content (AvgIpc) is 3.04. The maximum absolute atomic E-state index is 12.2. The summed E-state index contributed by atoms with van der Waals surface area (Å²) in [6, 6.07) is 8.21. The molecule has 2 heterocycles. The molecule has 0 radical (unpaired) electrons. The lowest BCUT2D eigenvalue weighted by Gasteiger charge is -2.08. The van der Waals surface area contributed by atoms with Gasteiger partial charge in [-0.05, 0) is 56.2 Å². The van der Waals surface area contributed by atoms with Crippen molar-refractivity contribution in [1.82, 2.24) is 0 Å². The van der Waals surface area contributed by atoms with Gasteiger partial charge in [0.25, 0.3) is 0 Å². The summed E-state index contributed by atoms with van der Waals surface area (Å²) in [5.41, 5.74) is 2.64. The SMILES string of the molecule is CC(=O)c1ccc(C(=O)OCc2cc(=O)oc3cc(C)c(C)cc23)s1. The summed E-state index contributed by atoms with van der Waals surface area (Å²) in [4.78, 5) is 36.1. The fourth-order valence-corrected chi connectivity index (χ4v) is 3.25. The van der Waals surface area contributed by atoms with Gasteiger partial charge in [-0.25, -0.2) is 9.59 Å². The van der Waals surface area contributed by atoms with Gasteiger partial charge in [-0.3, -0.25) is 4.79 Å². The fraction of sp³-hybridized carbons (Fsp3) is 0.211. The molecule has 128 valence electrons. The van der Waals surface area contributed by atoms with Crippen LogP contribution < -0.4 is 5.63 Å². The van der Waals surface area contributed by atoms with Crippen molar-refractivity contribution in [2.24, 2.45) is 0 Å². The van der Waals surface area contributed by atoms with Crippen molar-refractivity contribution in [2.45, 2.75) is 27.4 Å². The van der Waals surface area contributed by atoms with Crippen molar-refractivity contribution in [3.05, 3.63) is 67.2 Å². The topological polar surface area (TPSA) is 73.6 Å². The van der Waals surface area contributed by atoms with E-state index >= 15 is 0 Å². The van der Waals surface area contributed by atoms with Gasteiger partial charge in [0.1, 0.15) is 17.1 Å². The predicted octanol–water partition coefficient (Wildman–Crippen LogP) is 4.03. The number of ketones is 1. The normalized spacial score (nSPS) is 10.8. The first-order valence-corrected chi connectivity index (χ1v) is 8.48. The fourth-order valence-electron chi connectivity index (χ4n) is 2.45. The molecule has 3 aromatic rings. The Labute approximate surface area is 147 Å². The molecule has 6 heteroatoms. The highest BCUT2D eigenvalue weighted by atomic mass is 32.1. The summed E-state index contributed by atoms with van der Waals surface area (Å²) in [5.74, 6) is -0.621. The second kappa shape index (κ2) is 6.64. The quantitative estimate of drug-likeness (QED) is 0.401. The molecule has 25 heavy (non-hydrogen) atoms. The van der Waals surface area contributed by atoms with Crippen molar-refractivity contribution >= 4 is 34.1 Å². The van der Waals surface area contributed by atoms with Crippen LogP contribution in [0.4, 0.5) is 0 Å². The number of benzene rings is 1. The van der Waals surface area contributed by atoms with Crippen LogP contribution in [0.15, 0.2) is 39.5 Å². The number of aryl methyl sites for hydroxylation is 2. The monoisotopic (exact) mass is 356 g/mol. The number of hydrogen-bond donors (Lipinski definition) is 0. The molecule has 1 aromatic carbocycles. The molecule has 0 unspecified atom stereocenters. The lowest BCUT2D eigenvalue weighted by atomic mass is 10.0. The summed E-state index contributed by atoms with van der Waals surface area (Å²) >= 11 is 1.09. The molecule has 3 rings (SSSR count). The molecule has 0 atom stereocenters. The number of rotatable bonds is 4. The number of ether oxygens (including phenoxy) is 1. The lowest BCUT2D eigenvalue weighted by molar-refractivity contribution is 0.0479. The Kier molecular flexibility index (Phi) is 4.55. The van der Waals surface area contributed by atoms with E-state index in [4.69, 9.17) is 9.15 Å². The van der Waals surface area contributed by atoms with Crippen LogP contribution in [-0.4, -0.2) is 11.8 Å². The molecule has 0 saturated heterocycles. The van der Waals surface area contributed by atoms with Crippen molar-refractivity contribution in [2.75, 3.05) is 0 Å². The molecule has 0 aliphatic carbocycles. The molecule has 0 spiro atoms. The minimum Gasteiger partial charge on any atom is -0.457 e. The minimum atomic E-state index is -0.525. The minimum absolute atomic E-state index is 0.0449. The summed E-state index contributed by atoms with van der Waals surface area (Å²) in [5, 5.41) is 0.742. The zero-order chi connectivity index (χ0) is 18.1. The van der Waals surface area contributed by atoms with Crippen LogP contribution in [0.25, 0.3) is 11.0 Å². The van der Waals surface area contributed by atoms with Crippen LogP contribution in [-0.2, 0) is 11.3 Å². The molecule has 0 amide bonds. The van der Waals surface area contributed by atoms with Gasteiger partial charge in [0.2, 0.25) is 0 Å². The Morgan fingerprint density at radius 2 is 1.76 bits per heavy atom. The van der Waals surface area contributed by atoms with Crippen molar-refractivity contribution in [1.29, 1.82) is 0 Å². The zero-order valence-electron chi connectivity index (χ0n) is 14.0. The van der Waals surface area contributed by atoms with E-state index < -0.39 is 11.6 Å². The van der Waals surface area contributed by atoms with Crippen molar-refractivity contribution in [3.63, 3.8) is 0 Å². The molecular formula is C19H16O5S. The van der Waals surface area contributed by atoms with Crippen LogP contribution in [0.3, 0.4) is 0 Å². The van der Waals surface area contributed by atoms with E-state index in [1.807, 2.05) is 19.9 Å². The third kappa shape index (κ3) is 3.53. The predicted molar refractivity (Wildman–Crippen MR) is 95.4 cm³/mol. The largest absolute Gasteiger partial charge is 0.457 e. The van der Waals surface area contributed by atoms with Gasteiger partial charge in [-0.1, -0.05) is 0 Å². The maximum Gasteiger partial charge on any atom is 0.348 e. The number of carbonyl (C=O) groups excluding carboxylic acids is 2. The van der Waals surface area contributed by atoms with E-state index in [0.717, 1.165) is 27.8 Å². The summed E-state index contributed by atoms with van der Waals surface area (Å²) in [6.45, 7) is 5.30. The number of carbonyl (C=O) groups is 2. The first-order chi connectivity index (χ1) is 11.8. The number of thiophene rings is 1. The Bertz CT molecular complexity index is 1040. The first kappa shape index (κ1) is 17.1. The van der Waals surface area contributed by atoms with E-state index in [-0.39, 0.29) is 12.4 Å². The highest BCUT2D eigenvalue weighted by Gasteiger charge is 2.14. The molecule has 0 aliphatic heterocycles. The van der Waals surface area contributed by atoms with Crippen molar-refractivity contribution < 1.29 is 18.7 Å². The van der Waals surface area contributed by atoms with Crippen molar-refractivity contribution in [3.8, 4) is 0 Å². The van der Waals surface area contributed by atoms with E-state index in [0.29, 0.717) is 20.9 Å². The van der Waals surface area contributed by atoms with E-state index in [1.54, 1.807) is 18.2 Å². The van der Waals surface area contributed by atoms with E-state index in [1.165, 1.54) is 13.0 Å². The molecule has 0 aliphatic rings. The van der Waals surface area contributed by atoms with Crippen LogP contribution >= 0.6 is 11.3 Å². The molecule has 0 bridgehead atoms. The van der Waals surface area contributed by atoms with Crippen LogP contribution in [0.5, 0.6) is 0 Å². The van der Waals surface area contributed by atoms with E-state index in [9.17, 15) is 14.4 Å². The number of hydrogen-bond acceptors (Lipinski definition) is 6. The van der Waals surface area contributed by atoms with Crippen LogP contribution in [0.1, 0.15) is 43.0 Å². The third-order valence-electron chi connectivity index (χ3n) is 3.96. The Hall–Kier alpha value is -2.73. The number of fused-ring (bicyclic) bond motifs is 1. The van der Waals surface area contributed by atoms with Crippen LogP contribution in [0.2, 0.25) is 0 Å². The number of esters is 1. The lowest BCUT2D eigenvalue weighted by Crippen LogP contribution is -2.07. The van der Waals surface area contributed by atoms with Crippen LogP contribution in [0, 0.1) is 13.8 Å². The summed E-state index contributed by atoms with van der Waals surface area (Å²) in [6.07, 6.45) is 0. The van der Waals surface area contributed by atoms with Gasteiger partial charge < -0.3 is 9.15 Å². The Morgan fingerprint density at radius 3 is 2.44 bits per heavy atom. The van der Waals surface area contributed by atoms with Gasteiger partial charge in [0, 0.05) is 17.0 Å². The maximum atomic E-state index is 12.2. The average molecular weight is 356 g/mol. The Balaban J connectivity index is 1.87. The second-order valence-electron chi connectivity index (χ2n) is 5.82. The van der Waals surface area contributed by atoms with E-state index in [2.05, 4.69) is 0 Å². The van der Waals surface area contributed by atoms with Gasteiger partial charge >= 0.3 is 11.6 Å². The zero-order valence-corrected chi connectivity index (χ0v) is 14.9. The second-order valence-corrected chi connectivity index (χ2v) is 6.90. The smallest absolute Gasteiger partial charge is 0.348 e. The molecule has 2 aromatic heterocycles. The molecule has 0 fully saturated rings. The summed E-state index contributed by atoms with van der Waals surface area (Å²) in [7, 11) is 0. The molecular weight excluding hydrogens is 340 g/mol. The molecule has 0 N–H and O–H groups in total. The summed E-state index contributed by atoms with van der Waals surface area (Å²) < 4.78 is 10.5. The first-order valence-electron chi connectivity index (χ1n) is 7.67.